The summed E-state index contributed by atoms with van der Waals surface area (Å²) in [6, 6.07) is 23.4. The van der Waals surface area contributed by atoms with E-state index in [1.54, 1.807) is 30.3 Å². The third-order valence-electron chi connectivity index (χ3n) is 4.64. The van der Waals surface area contributed by atoms with Crippen LogP contribution in [0.3, 0.4) is 0 Å². The molecular weight excluding hydrogens is 505 g/mol. The Morgan fingerprint density at radius 2 is 1.79 bits per heavy atom. The van der Waals surface area contributed by atoms with Crippen LogP contribution in [0.1, 0.15) is 5.56 Å². The Kier molecular flexibility index (Phi) is 6.63. The van der Waals surface area contributed by atoms with E-state index in [0.29, 0.717) is 15.9 Å². The Balaban J connectivity index is 1.94. The van der Waals surface area contributed by atoms with Crippen LogP contribution < -0.4 is 20.1 Å². The molecule has 0 atom stereocenters. The number of halogens is 2. The molecule has 0 aliphatic heterocycles. The average molecular weight is 520 g/mol. The number of benzene rings is 3. The molecule has 1 N–H and O–H groups in total. The van der Waals surface area contributed by atoms with Crippen molar-refractivity contribution >= 4 is 50.5 Å². The summed E-state index contributed by atoms with van der Waals surface area (Å²) in [6.45, 7) is 0. The molecule has 162 valence electrons. The Hall–Kier alpha value is -3.80. The fourth-order valence-electron chi connectivity index (χ4n) is 3.13. The molecule has 33 heavy (non-hydrogen) atoms. The number of nitrogens with one attached hydrogen (secondary N) is 1. The van der Waals surface area contributed by atoms with Gasteiger partial charge in [0.25, 0.3) is 11.5 Å². The van der Waals surface area contributed by atoms with Gasteiger partial charge in [0, 0.05) is 10.2 Å². The van der Waals surface area contributed by atoms with E-state index in [-0.39, 0.29) is 15.8 Å². The molecule has 0 unspecified atom stereocenters. The van der Waals surface area contributed by atoms with Crippen molar-refractivity contribution in [2.24, 2.45) is 0 Å². The van der Waals surface area contributed by atoms with Gasteiger partial charge < -0.3 is 5.32 Å². The van der Waals surface area contributed by atoms with Gasteiger partial charge in [-0.3, -0.25) is 14.2 Å². The van der Waals surface area contributed by atoms with Crippen LogP contribution in [0.2, 0.25) is 0 Å². The maximum absolute atomic E-state index is 13.4. The van der Waals surface area contributed by atoms with Crippen LogP contribution in [-0.2, 0) is 4.79 Å². The maximum atomic E-state index is 13.4. The van der Waals surface area contributed by atoms with Crippen molar-refractivity contribution in [1.29, 1.82) is 5.26 Å². The summed E-state index contributed by atoms with van der Waals surface area (Å²) < 4.78 is 16.0. The summed E-state index contributed by atoms with van der Waals surface area (Å²) in [5.74, 6) is -1.13. The van der Waals surface area contributed by atoms with Crippen molar-refractivity contribution in [2.45, 2.75) is 0 Å². The van der Waals surface area contributed by atoms with Crippen molar-refractivity contribution in [3.8, 4) is 11.8 Å². The second kappa shape index (κ2) is 9.77. The smallest absolute Gasteiger partial charge is 0.273 e. The predicted octanol–water partition coefficient (Wildman–Crippen LogP) is 3.94. The molecule has 3 aromatic carbocycles. The van der Waals surface area contributed by atoms with E-state index >= 15 is 0 Å². The summed E-state index contributed by atoms with van der Waals surface area (Å²) in [4.78, 5) is 26.3. The van der Waals surface area contributed by atoms with Gasteiger partial charge in [-0.1, -0.05) is 46.3 Å². The van der Waals surface area contributed by atoms with Crippen LogP contribution in [0.4, 0.5) is 10.1 Å². The van der Waals surface area contributed by atoms with Gasteiger partial charge in [0.2, 0.25) is 0 Å². The van der Waals surface area contributed by atoms with Crippen molar-refractivity contribution in [1.82, 2.24) is 4.57 Å². The van der Waals surface area contributed by atoms with Crippen molar-refractivity contribution in [3.63, 3.8) is 0 Å². The zero-order valence-corrected chi connectivity index (χ0v) is 19.4. The molecule has 0 bridgehead atoms. The van der Waals surface area contributed by atoms with Crippen LogP contribution >= 0.6 is 27.3 Å². The van der Waals surface area contributed by atoms with Crippen molar-refractivity contribution in [2.75, 3.05) is 5.32 Å². The maximum Gasteiger partial charge on any atom is 0.273 e. The molecule has 0 aliphatic carbocycles. The van der Waals surface area contributed by atoms with Crippen LogP contribution in [0, 0.1) is 17.1 Å². The van der Waals surface area contributed by atoms with Gasteiger partial charge in [0.05, 0.1) is 10.2 Å². The lowest BCUT2D eigenvalue weighted by Crippen LogP contribution is -2.32. The minimum absolute atomic E-state index is 0.203. The summed E-state index contributed by atoms with van der Waals surface area (Å²) in [5.41, 5.74) is 1.09. The van der Waals surface area contributed by atoms with E-state index in [1.807, 2.05) is 36.4 Å². The summed E-state index contributed by atoms with van der Waals surface area (Å²) in [7, 11) is 0. The first-order chi connectivity index (χ1) is 16.0. The predicted molar refractivity (Wildman–Crippen MR) is 131 cm³/mol. The fourth-order valence-corrected chi connectivity index (χ4v) is 4.65. The third-order valence-corrected chi connectivity index (χ3v) is 6.22. The highest BCUT2D eigenvalue weighted by atomic mass is 79.9. The minimum Gasteiger partial charge on any atom is -0.321 e. The first kappa shape index (κ1) is 22.4. The highest BCUT2D eigenvalue weighted by Crippen LogP contribution is 2.13. The second-order valence-corrected chi connectivity index (χ2v) is 8.84. The zero-order chi connectivity index (χ0) is 23.4. The molecule has 1 aromatic heterocycles. The van der Waals surface area contributed by atoms with E-state index < -0.39 is 11.7 Å². The lowest BCUT2D eigenvalue weighted by Gasteiger charge is -2.05. The van der Waals surface area contributed by atoms with Crippen LogP contribution in [0.15, 0.2) is 88.1 Å². The molecule has 5 nitrogen and oxygen atoms in total. The third kappa shape index (κ3) is 5.00. The summed E-state index contributed by atoms with van der Waals surface area (Å²) in [5, 5.41) is 12.4. The minimum atomic E-state index is -0.691. The summed E-state index contributed by atoms with van der Waals surface area (Å²) >= 11 is 4.47. The van der Waals surface area contributed by atoms with Gasteiger partial charge in [-0.25, -0.2) is 4.39 Å². The fraction of sp³-hybridized carbons (Fsp3) is 0. The molecule has 0 saturated heterocycles. The molecule has 0 aliphatic rings. The zero-order valence-electron chi connectivity index (χ0n) is 17.0. The number of thiazole rings is 1. The SMILES string of the molecule is N#C/C(C(=O)Nc1ccc(F)cc1)=c1\s/c(=C/c2cccc(Br)c2)c(=O)n1-c1ccccc1. The molecule has 8 heteroatoms. The number of nitrogens with zero attached hydrogens (tertiary/aromatic N) is 2. The van der Waals surface area contributed by atoms with Gasteiger partial charge in [-0.15, -0.1) is 11.3 Å². The van der Waals surface area contributed by atoms with Crippen molar-refractivity contribution < 1.29 is 9.18 Å². The largest absolute Gasteiger partial charge is 0.321 e. The quantitative estimate of drug-likeness (QED) is 0.443. The number of amides is 1. The van der Waals surface area contributed by atoms with E-state index in [4.69, 9.17) is 0 Å². The van der Waals surface area contributed by atoms with Crippen LogP contribution in [0.5, 0.6) is 0 Å². The molecule has 0 saturated carbocycles. The number of hydrogen-bond acceptors (Lipinski definition) is 4. The number of rotatable bonds is 4. The summed E-state index contributed by atoms with van der Waals surface area (Å²) in [6.07, 6.45) is 1.72. The topological polar surface area (TPSA) is 74.9 Å². The van der Waals surface area contributed by atoms with Gasteiger partial charge in [-0.05, 0) is 60.2 Å². The normalized spacial score (nSPS) is 12.2. The molecule has 0 spiro atoms. The second-order valence-electron chi connectivity index (χ2n) is 6.89. The molecule has 4 aromatic rings. The standard InChI is InChI=1S/C25H15BrFN3O2S/c26-17-6-4-5-16(13-17)14-22-24(32)30(20-7-2-1-3-8-20)25(33-22)21(15-28)23(31)29-19-11-9-18(27)10-12-19/h1-14H,(H,29,31)/b22-14+,25-21+. The van der Waals surface area contributed by atoms with E-state index in [0.717, 1.165) is 21.4 Å². The highest BCUT2D eigenvalue weighted by molar-refractivity contribution is 9.10. The van der Waals surface area contributed by atoms with Crippen LogP contribution in [0.25, 0.3) is 17.3 Å². The van der Waals surface area contributed by atoms with Gasteiger partial charge in [0.15, 0.2) is 5.57 Å². The molecular formula is C25H15BrFN3O2S. The lowest BCUT2D eigenvalue weighted by molar-refractivity contribution is -0.111. The number of carbonyl (C=O) groups is 1. The average Bonchev–Trinajstić information content (AvgIpc) is 3.12. The Labute approximate surface area is 200 Å². The number of aromatic nitrogens is 1. The molecule has 4 rings (SSSR count). The number of para-hydroxylation sites is 1. The monoisotopic (exact) mass is 519 g/mol. The Bertz CT molecular complexity index is 1550. The van der Waals surface area contributed by atoms with Crippen molar-refractivity contribution in [3.05, 3.63) is 114 Å². The Morgan fingerprint density at radius 1 is 1.06 bits per heavy atom. The van der Waals surface area contributed by atoms with E-state index in [2.05, 4.69) is 21.2 Å². The number of hydrogen-bond donors (Lipinski definition) is 1. The van der Waals surface area contributed by atoms with Gasteiger partial charge >= 0.3 is 0 Å². The first-order valence-electron chi connectivity index (χ1n) is 9.72. The highest BCUT2D eigenvalue weighted by Gasteiger charge is 2.17. The number of anilines is 1. The van der Waals surface area contributed by atoms with E-state index in [1.165, 1.54) is 28.8 Å². The first-order valence-corrected chi connectivity index (χ1v) is 11.3. The number of nitriles is 1. The molecule has 1 heterocycles. The molecule has 0 fully saturated rings. The van der Waals surface area contributed by atoms with Gasteiger partial charge in [0.1, 0.15) is 16.5 Å². The Morgan fingerprint density at radius 3 is 2.45 bits per heavy atom. The van der Waals surface area contributed by atoms with E-state index in [9.17, 15) is 19.2 Å². The molecule has 0 radical (unpaired) electrons. The lowest BCUT2D eigenvalue weighted by atomic mass is 10.2. The van der Waals surface area contributed by atoms with Gasteiger partial charge in [-0.2, -0.15) is 5.26 Å². The van der Waals surface area contributed by atoms with Crippen LogP contribution in [-0.4, -0.2) is 10.5 Å². The molecule has 1 amide bonds. The number of carbonyl (C=O) groups excluding carboxylic acids is 1.